The molecule has 3 heteroatoms. The third-order valence-corrected chi connectivity index (χ3v) is 4.43. The number of fused-ring (bicyclic) bond motifs is 1. The van der Waals surface area contributed by atoms with Crippen molar-refractivity contribution in [3.63, 3.8) is 0 Å². The number of hydrogen-bond donors (Lipinski definition) is 1. The Morgan fingerprint density at radius 2 is 1.75 bits per heavy atom. The number of allylic oxidation sites excluding steroid dienone is 1. The molecule has 0 spiro atoms. The van der Waals surface area contributed by atoms with Gasteiger partial charge in [0.2, 0.25) is 0 Å². The van der Waals surface area contributed by atoms with Gasteiger partial charge in [-0.05, 0) is 53.1 Å². The Morgan fingerprint density at radius 3 is 2.60 bits per heavy atom. The summed E-state index contributed by atoms with van der Waals surface area (Å²) < 4.78 is 1.14. The minimum Gasteiger partial charge on any atom is -0.360 e. The molecule has 0 bridgehead atoms. The Labute approximate surface area is 132 Å². The molecule has 2 aromatic carbocycles. The lowest BCUT2D eigenvalue weighted by Crippen LogP contribution is -2.15. The molecule has 0 atom stereocenters. The van der Waals surface area contributed by atoms with Gasteiger partial charge < -0.3 is 5.32 Å². The number of hydrogen-bond acceptors (Lipinski definition) is 2. The maximum Gasteiger partial charge on any atom is 0.190 e. The van der Waals surface area contributed by atoms with Gasteiger partial charge in [0.15, 0.2) is 5.78 Å². The van der Waals surface area contributed by atoms with Crippen LogP contribution in [0.2, 0.25) is 0 Å². The fraction of sp³-hybridized carbons (Fsp3) is 0.118. The molecular formula is C17H14INO. The molecule has 1 aliphatic carbocycles. The first-order valence-corrected chi connectivity index (χ1v) is 7.66. The van der Waals surface area contributed by atoms with E-state index in [2.05, 4.69) is 27.9 Å². The number of benzene rings is 2. The highest BCUT2D eigenvalue weighted by molar-refractivity contribution is 14.1. The van der Waals surface area contributed by atoms with E-state index in [1.54, 1.807) is 0 Å². The van der Waals surface area contributed by atoms with Gasteiger partial charge in [0.1, 0.15) is 0 Å². The number of anilines is 1. The monoisotopic (exact) mass is 375 g/mol. The average Bonchev–Trinajstić information content (AvgIpc) is 2.48. The molecule has 1 aliphatic rings. The van der Waals surface area contributed by atoms with E-state index in [4.69, 9.17) is 0 Å². The van der Waals surface area contributed by atoms with E-state index in [0.29, 0.717) is 0 Å². The van der Waals surface area contributed by atoms with Gasteiger partial charge in [0.05, 0.1) is 5.69 Å². The smallest absolute Gasteiger partial charge is 0.190 e. The molecule has 100 valence electrons. The number of carbonyl (C=O) groups excluding carboxylic acids is 1. The molecule has 0 saturated heterocycles. The maximum absolute atomic E-state index is 12.4. The number of aryl methyl sites for hydroxylation is 1. The van der Waals surface area contributed by atoms with Crippen molar-refractivity contribution < 1.29 is 4.79 Å². The standard InChI is InChI=1S/C17H14INO/c18-15-7-3-4-8-16(15)19-11-13-10-9-12-5-1-2-6-14(12)17(13)20/h1-8,11,19H,9-10H2. The highest BCUT2D eigenvalue weighted by Crippen LogP contribution is 2.25. The molecule has 2 aromatic rings. The van der Waals surface area contributed by atoms with Gasteiger partial charge in [-0.25, -0.2) is 0 Å². The van der Waals surface area contributed by atoms with Gasteiger partial charge in [-0.15, -0.1) is 0 Å². The molecule has 1 N–H and O–H groups in total. The molecule has 0 aliphatic heterocycles. The van der Waals surface area contributed by atoms with Crippen molar-refractivity contribution in [1.29, 1.82) is 0 Å². The minimum absolute atomic E-state index is 0.144. The van der Waals surface area contributed by atoms with Crippen LogP contribution in [-0.2, 0) is 6.42 Å². The molecule has 0 aromatic heterocycles. The molecule has 0 amide bonds. The Balaban J connectivity index is 1.84. The highest BCUT2D eigenvalue weighted by atomic mass is 127. The highest BCUT2D eigenvalue weighted by Gasteiger charge is 2.20. The summed E-state index contributed by atoms with van der Waals surface area (Å²) in [4.78, 5) is 12.4. The predicted octanol–water partition coefficient (Wildman–Crippen LogP) is 4.42. The zero-order chi connectivity index (χ0) is 13.9. The van der Waals surface area contributed by atoms with Crippen LogP contribution in [0.4, 0.5) is 5.69 Å². The van der Waals surface area contributed by atoms with E-state index in [9.17, 15) is 4.79 Å². The summed E-state index contributed by atoms with van der Waals surface area (Å²) in [5, 5.41) is 3.25. The number of Topliss-reactive ketones (excluding diaryl/α,β-unsaturated/α-hetero) is 1. The summed E-state index contributed by atoms with van der Waals surface area (Å²) in [5.41, 5.74) is 3.88. The Morgan fingerprint density at radius 1 is 1.00 bits per heavy atom. The second-order valence-corrected chi connectivity index (χ2v) is 5.94. The molecule has 0 fully saturated rings. The second kappa shape index (κ2) is 5.79. The summed E-state index contributed by atoms with van der Waals surface area (Å²) in [6, 6.07) is 15.9. The third-order valence-electron chi connectivity index (χ3n) is 3.49. The van der Waals surface area contributed by atoms with Crippen LogP contribution in [0, 0.1) is 3.57 Å². The molecule has 3 rings (SSSR count). The van der Waals surface area contributed by atoms with Crippen molar-refractivity contribution in [1.82, 2.24) is 0 Å². The minimum atomic E-state index is 0.144. The van der Waals surface area contributed by atoms with Crippen molar-refractivity contribution in [3.05, 3.63) is 75.0 Å². The summed E-state index contributed by atoms with van der Waals surface area (Å²) in [5.74, 6) is 0.144. The Hall–Kier alpha value is -1.62. The number of rotatable bonds is 2. The first-order valence-electron chi connectivity index (χ1n) is 6.58. The van der Waals surface area contributed by atoms with Crippen molar-refractivity contribution in [2.24, 2.45) is 0 Å². The fourth-order valence-electron chi connectivity index (χ4n) is 2.40. The lowest BCUT2D eigenvalue weighted by Gasteiger charge is -2.17. The second-order valence-electron chi connectivity index (χ2n) is 4.78. The first kappa shape index (κ1) is 13.4. The van der Waals surface area contributed by atoms with Gasteiger partial charge in [-0.3, -0.25) is 4.79 Å². The van der Waals surface area contributed by atoms with Gasteiger partial charge in [-0.1, -0.05) is 36.4 Å². The molecule has 0 unspecified atom stereocenters. The zero-order valence-corrected chi connectivity index (χ0v) is 13.1. The van der Waals surface area contributed by atoms with Crippen LogP contribution in [0.3, 0.4) is 0 Å². The zero-order valence-electron chi connectivity index (χ0n) is 10.9. The van der Waals surface area contributed by atoms with E-state index >= 15 is 0 Å². The lowest BCUT2D eigenvalue weighted by molar-refractivity contribution is 0.102. The van der Waals surface area contributed by atoms with Gasteiger partial charge in [0.25, 0.3) is 0 Å². The number of halogens is 1. The number of ketones is 1. The van der Waals surface area contributed by atoms with Crippen LogP contribution in [0.1, 0.15) is 22.3 Å². The summed E-state index contributed by atoms with van der Waals surface area (Å²) in [7, 11) is 0. The largest absolute Gasteiger partial charge is 0.360 e. The normalized spacial score (nSPS) is 16.1. The molecule has 0 saturated carbocycles. The Kier molecular flexibility index (Phi) is 3.87. The maximum atomic E-state index is 12.4. The van der Waals surface area contributed by atoms with Gasteiger partial charge in [-0.2, -0.15) is 0 Å². The number of nitrogens with one attached hydrogen (secondary N) is 1. The van der Waals surface area contributed by atoms with Crippen LogP contribution in [-0.4, -0.2) is 5.78 Å². The SMILES string of the molecule is O=C1C(=CNc2ccccc2I)CCc2ccccc21. The van der Waals surface area contributed by atoms with Crippen LogP contribution >= 0.6 is 22.6 Å². The van der Waals surface area contributed by atoms with E-state index in [-0.39, 0.29) is 5.78 Å². The molecule has 0 radical (unpaired) electrons. The van der Waals surface area contributed by atoms with Crippen LogP contribution < -0.4 is 5.32 Å². The van der Waals surface area contributed by atoms with Gasteiger partial charge in [0, 0.05) is 20.9 Å². The molecular weight excluding hydrogens is 361 g/mol. The number of carbonyl (C=O) groups is 1. The van der Waals surface area contributed by atoms with Crippen LogP contribution in [0.5, 0.6) is 0 Å². The van der Waals surface area contributed by atoms with E-state index in [1.165, 1.54) is 0 Å². The van der Waals surface area contributed by atoms with Crippen molar-refractivity contribution in [2.75, 3.05) is 5.32 Å². The van der Waals surface area contributed by atoms with Crippen LogP contribution in [0.25, 0.3) is 0 Å². The van der Waals surface area contributed by atoms with Gasteiger partial charge >= 0.3 is 0 Å². The predicted molar refractivity (Wildman–Crippen MR) is 90.0 cm³/mol. The third kappa shape index (κ3) is 2.63. The molecule has 2 nitrogen and oxygen atoms in total. The first-order chi connectivity index (χ1) is 9.75. The summed E-state index contributed by atoms with van der Waals surface area (Å²) in [6.45, 7) is 0. The Bertz CT molecular complexity index is 691. The average molecular weight is 375 g/mol. The summed E-state index contributed by atoms with van der Waals surface area (Å²) in [6.07, 6.45) is 3.59. The van der Waals surface area contributed by atoms with Crippen molar-refractivity contribution in [3.8, 4) is 0 Å². The quantitative estimate of drug-likeness (QED) is 0.622. The van der Waals surface area contributed by atoms with E-state index in [0.717, 1.165) is 38.8 Å². The molecule has 0 heterocycles. The lowest BCUT2D eigenvalue weighted by atomic mass is 9.87. The fourth-order valence-corrected chi connectivity index (χ4v) is 2.94. The summed E-state index contributed by atoms with van der Waals surface area (Å²) >= 11 is 2.28. The van der Waals surface area contributed by atoms with E-state index in [1.807, 2.05) is 54.7 Å². The van der Waals surface area contributed by atoms with Crippen molar-refractivity contribution in [2.45, 2.75) is 12.8 Å². The number of para-hydroxylation sites is 1. The topological polar surface area (TPSA) is 29.1 Å². The van der Waals surface area contributed by atoms with Crippen LogP contribution in [0.15, 0.2) is 60.3 Å². The van der Waals surface area contributed by atoms with E-state index < -0.39 is 0 Å². The van der Waals surface area contributed by atoms with Crippen molar-refractivity contribution >= 4 is 34.1 Å². The molecule has 20 heavy (non-hydrogen) atoms.